The Morgan fingerprint density at radius 3 is 2.00 bits per heavy atom. The first kappa shape index (κ1) is 24.7. The van der Waals surface area contributed by atoms with Gasteiger partial charge < -0.3 is 0 Å². The van der Waals surface area contributed by atoms with Gasteiger partial charge in [-0.1, -0.05) is 61.6 Å². The fourth-order valence-corrected chi connectivity index (χ4v) is 4.33. The smallest absolute Gasteiger partial charge is 0.0103 e. The fraction of sp³-hybridized carbons (Fsp3) is 0.355. The first-order chi connectivity index (χ1) is 14.6. The van der Waals surface area contributed by atoms with Crippen molar-refractivity contribution in [2.45, 2.75) is 74.1 Å². The Morgan fingerprint density at radius 2 is 1.48 bits per heavy atom. The molecular formula is C31H40. The van der Waals surface area contributed by atoms with Crippen LogP contribution >= 0.6 is 0 Å². The van der Waals surface area contributed by atoms with Crippen molar-refractivity contribution in [2.24, 2.45) is 0 Å². The summed E-state index contributed by atoms with van der Waals surface area (Å²) in [5.74, 6) is 0. The van der Waals surface area contributed by atoms with Crippen LogP contribution in [0.4, 0.5) is 0 Å². The van der Waals surface area contributed by atoms with E-state index in [0.717, 1.165) is 31.3 Å². The van der Waals surface area contributed by atoms with Gasteiger partial charge in [-0.3, -0.25) is 0 Å². The Bertz CT molecular complexity index is 1020. The van der Waals surface area contributed by atoms with E-state index in [1.54, 1.807) is 0 Å². The second-order valence-corrected chi connectivity index (χ2v) is 9.10. The molecule has 0 heteroatoms. The Hall–Kier alpha value is -2.60. The summed E-state index contributed by atoms with van der Waals surface area (Å²) in [5, 5.41) is 0. The van der Waals surface area contributed by atoms with E-state index in [1.807, 2.05) is 6.08 Å². The molecular weight excluding hydrogens is 372 g/mol. The molecule has 0 heterocycles. The highest BCUT2D eigenvalue weighted by atomic mass is 14.2. The molecule has 0 saturated carbocycles. The van der Waals surface area contributed by atoms with Gasteiger partial charge in [0.2, 0.25) is 0 Å². The van der Waals surface area contributed by atoms with Crippen LogP contribution in [0.2, 0.25) is 0 Å². The van der Waals surface area contributed by atoms with Crippen LogP contribution in [0.1, 0.15) is 84.5 Å². The maximum absolute atomic E-state index is 4.62. The molecule has 2 aromatic carbocycles. The summed E-state index contributed by atoms with van der Waals surface area (Å²) in [7, 11) is 0. The summed E-state index contributed by atoms with van der Waals surface area (Å²) in [6.45, 7) is 28.2. The molecule has 0 amide bonds. The molecule has 164 valence electrons. The van der Waals surface area contributed by atoms with Crippen LogP contribution in [0.3, 0.4) is 0 Å². The molecule has 0 bridgehead atoms. The molecule has 0 aliphatic rings. The van der Waals surface area contributed by atoms with Gasteiger partial charge in [0.1, 0.15) is 0 Å². The summed E-state index contributed by atoms with van der Waals surface area (Å²) < 4.78 is 0. The van der Waals surface area contributed by atoms with Crippen molar-refractivity contribution < 1.29 is 0 Å². The Morgan fingerprint density at radius 1 is 0.871 bits per heavy atom. The quantitative estimate of drug-likeness (QED) is 0.284. The normalized spacial score (nSPS) is 11.8. The maximum atomic E-state index is 4.62. The van der Waals surface area contributed by atoms with Crippen LogP contribution in [0.15, 0.2) is 55.1 Å². The lowest BCUT2D eigenvalue weighted by molar-refractivity contribution is 0.807. The largest absolute Gasteiger partial charge is 0.100 e. The van der Waals surface area contributed by atoms with E-state index in [2.05, 4.69) is 92.5 Å². The van der Waals surface area contributed by atoms with Gasteiger partial charge in [-0.05, 0) is 123 Å². The number of aryl methyl sites for hydroxylation is 4. The molecule has 0 unspecified atom stereocenters. The van der Waals surface area contributed by atoms with Gasteiger partial charge >= 0.3 is 0 Å². The zero-order chi connectivity index (χ0) is 23.3. The maximum Gasteiger partial charge on any atom is -0.0103 e. The molecule has 0 fully saturated rings. The average Bonchev–Trinajstić information content (AvgIpc) is 2.72. The van der Waals surface area contributed by atoms with E-state index in [0.29, 0.717) is 0 Å². The Labute approximate surface area is 191 Å². The summed E-state index contributed by atoms with van der Waals surface area (Å²) in [6.07, 6.45) is 6.22. The zero-order valence-electron chi connectivity index (χ0n) is 20.8. The van der Waals surface area contributed by atoms with Crippen molar-refractivity contribution in [3.63, 3.8) is 0 Å². The van der Waals surface area contributed by atoms with Crippen LogP contribution in [0, 0.1) is 27.7 Å². The van der Waals surface area contributed by atoms with E-state index in [-0.39, 0.29) is 0 Å². The van der Waals surface area contributed by atoms with Crippen molar-refractivity contribution in [2.75, 3.05) is 0 Å². The predicted molar refractivity (Wildman–Crippen MR) is 142 cm³/mol. The molecule has 0 atom stereocenters. The van der Waals surface area contributed by atoms with Crippen molar-refractivity contribution in [1.29, 1.82) is 0 Å². The van der Waals surface area contributed by atoms with Crippen LogP contribution in [0.5, 0.6) is 0 Å². The molecule has 2 aromatic rings. The minimum absolute atomic E-state index is 1.02. The van der Waals surface area contributed by atoms with Gasteiger partial charge in [0.15, 0.2) is 0 Å². The molecule has 0 nitrogen and oxygen atoms in total. The Balaban J connectivity index is 2.72. The second-order valence-electron chi connectivity index (χ2n) is 9.10. The minimum Gasteiger partial charge on any atom is -0.100 e. The van der Waals surface area contributed by atoms with Crippen molar-refractivity contribution in [3.8, 4) is 0 Å². The molecule has 0 aliphatic heterocycles. The Kier molecular flexibility index (Phi) is 8.45. The topological polar surface area (TPSA) is 0 Å². The summed E-state index contributed by atoms with van der Waals surface area (Å²) >= 11 is 0. The third kappa shape index (κ3) is 5.76. The van der Waals surface area contributed by atoms with Crippen molar-refractivity contribution in [1.82, 2.24) is 0 Å². The lowest BCUT2D eigenvalue weighted by atomic mass is 9.83. The van der Waals surface area contributed by atoms with E-state index in [1.165, 1.54) is 61.2 Å². The van der Waals surface area contributed by atoms with Gasteiger partial charge in [0, 0.05) is 0 Å². The van der Waals surface area contributed by atoms with E-state index in [9.17, 15) is 0 Å². The minimum atomic E-state index is 1.02. The van der Waals surface area contributed by atoms with Crippen molar-refractivity contribution in [3.05, 3.63) is 99.7 Å². The predicted octanol–water partition coefficient (Wildman–Crippen LogP) is 9.36. The zero-order valence-corrected chi connectivity index (χ0v) is 20.8. The molecule has 0 radical (unpaired) electrons. The first-order valence-corrected chi connectivity index (χ1v) is 11.5. The lowest BCUT2D eigenvalue weighted by Gasteiger charge is -2.21. The van der Waals surface area contributed by atoms with Gasteiger partial charge in [0.25, 0.3) is 0 Å². The number of benzene rings is 2. The SMILES string of the molecule is C=Cc1cc(C)c(CC)cc1/C(C(=C)c1cc(C)c(C)c(C)c1)=C(\C)CCCC(=C)C. The van der Waals surface area contributed by atoms with Crippen molar-refractivity contribution >= 4 is 17.2 Å². The highest BCUT2D eigenvalue weighted by Gasteiger charge is 2.17. The van der Waals surface area contributed by atoms with E-state index in [4.69, 9.17) is 0 Å². The van der Waals surface area contributed by atoms with Gasteiger partial charge in [-0.25, -0.2) is 0 Å². The number of hydrogen-bond acceptors (Lipinski definition) is 0. The van der Waals surface area contributed by atoms with E-state index < -0.39 is 0 Å². The molecule has 0 N–H and O–H groups in total. The molecule has 0 saturated heterocycles. The third-order valence-corrected chi connectivity index (χ3v) is 6.54. The monoisotopic (exact) mass is 412 g/mol. The summed E-state index contributed by atoms with van der Waals surface area (Å²) in [6, 6.07) is 9.22. The highest BCUT2D eigenvalue weighted by Crippen LogP contribution is 2.38. The molecule has 2 rings (SSSR count). The molecule has 0 aliphatic carbocycles. The van der Waals surface area contributed by atoms with Crippen LogP contribution in [-0.2, 0) is 6.42 Å². The standard InChI is InChI=1S/C31H40/c1-11-27-19-30(28(12-2)18-24(27)8)31(21(5)15-13-14-20(3)4)26(10)29-16-22(6)25(9)23(7)17-29/h12,16-19H,2-3,10-11,13-15H2,1,4-9H3/b31-21+. The molecule has 0 spiro atoms. The lowest BCUT2D eigenvalue weighted by Crippen LogP contribution is -2.01. The average molecular weight is 413 g/mol. The number of rotatable bonds is 9. The number of hydrogen-bond donors (Lipinski definition) is 0. The second kappa shape index (κ2) is 10.6. The summed E-state index contributed by atoms with van der Waals surface area (Å²) in [4.78, 5) is 0. The number of allylic oxidation sites excluding steroid dienone is 4. The van der Waals surface area contributed by atoms with Crippen LogP contribution < -0.4 is 0 Å². The fourth-order valence-electron chi connectivity index (χ4n) is 4.33. The van der Waals surface area contributed by atoms with Crippen LogP contribution in [0.25, 0.3) is 17.2 Å². The first-order valence-electron chi connectivity index (χ1n) is 11.5. The van der Waals surface area contributed by atoms with E-state index >= 15 is 0 Å². The summed E-state index contributed by atoms with van der Waals surface area (Å²) in [5.41, 5.74) is 15.4. The highest BCUT2D eigenvalue weighted by molar-refractivity contribution is 6.07. The molecule has 31 heavy (non-hydrogen) atoms. The van der Waals surface area contributed by atoms with Gasteiger partial charge in [-0.15, -0.1) is 6.58 Å². The third-order valence-electron chi connectivity index (χ3n) is 6.54. The van der Waals surface area contributed by atoms with Gasteiger partial charge in [0.05, 0.1) is 0 Å². The van der Waals surface area contributed by atoms with Gasteiger partial charge in [-0.2, -0.15) is 0 Å². The molecule has 0 aromatic heterocycles. The van der Waals surface area contributed by atoms with Crippen LogP contribution in [-0.4, -0.2) is 0 Å².